The summed E-state index contributed by atoms with van der Waals surface area (Å²) >= 11 is 0. The monoisotopic (exact) mass is 427 g/mol. The van der Waals surface area contributed by atoms with Crippen LogP contribution in [0.5, 0.6) is 5.75 Å². The molecule has 3 rings (SSSR count). The highest BCUT2D eigenvalue weighted by Gasteiger charge is 2.26. The van der Waals surface area contributed by atoms with Crippen molar-refractivity contribution in [2.24, 2.45) is 11.8 Å². The summed E-state index contributed by atoms with van der Waals surface area (Å²) in [4.78, 5) is 20.2. The molecule has 31 heavy (non-hydrogen) atoms. The number of carboxylic acid groups (broad SMARTS) is 1. The molecule has 1 aromatic carbocycles. The van der Waals surface area contributed by atoms with Gasteiger partial charge in [0.2, 0.25) is 0 Å². The lowest BCUT2D eigenvalue weighted by Gasteiger charge is -2.31. The Hall–Kier alpha value is -2.64. The van der Waals surface area contributed by atoms with E-state index in [1.54, 1.807) is 7.11 Å². The number of aromatic nitrogens is 2. The normalized spacial score (nSPS) is 17.3. The standard InChI is InChI=1S/C24H33N3O4/c1-30-20-12-10-18(11-13-20)16-22(27-15-14-26-17-27)21(19-6-3-2-4-7-19)8-5-9-23(31-25)24(28)29/h8,10-15,17,19,22-23H,2-7,9,16,25H2,1H3,(H,28,29)/b21-8+. The topological polar surface area (TPSA) is 99.6 Å². The van der Waals surface area contributed by atoms with Gasteiger partial charge >= 0.3 is 5.97 Å². The van der Waals surface area contributed by atoms with Gasteiger partial charge in [0.1, 0.15) is 5.75 Å². The summed E-state index contributed by atoms with van der Waals surface area (Å²) in [6.45, 7) is 0. The van der Waals surface area contributed by atoms with Crippen LogP contribution in [-0.4, -0.2) is 33.8 Å². The van der Waals surface area contributed by atoms with E-state index in [0.29, 0.717) is 18.8 Å². The van der Waals surface area contributed by atoms with Gasteiger partial charge in [0, 0.05) is 12.4 Å². The molecule has 0 aliphatic heterocycles. The van der Waals surface area contributed by atoms with Crippen LogP contribution in [0.15, 0.2) is 54.6 Å². The Morgan fingerprint density at radius 3 is 2.61 bits per heavy atom. The second-order valence-corrected chi connectivity index (χ2v) is 8.16. The quantitative estimate of drug-likeness (QED) is 0.410. The molecule has 2 aromatic rings. The van der Waals surface area contributed by atoms with Crippen LogP contribution >= 0.6 is 0 Å². The van der Waals surface area contributed by atoms with Crippen LogP contribution in [0.1, 0.15) is 56.6 Å². The summed E-state index contributed by atoms with van der Waals surface area (Å²) in [6.07, 6.45) is 14.8. The van der Waals surface area contributed by atoms with E-state index >= 15 is 0 Å². The van der Waals surface area contributed by atoms with Gasteiger partial charge in [-0.05, 0) is 61.3 Å². The van der Waals surface area contributed by atoms with Gasteiger partial charge in [-0.25, -0.2) is 15.7 Å². The number of rotatable bonds is 11. The largest absolute Gasteiger partial charge is 0.497 e. The number of hydrogen-bond donors (Lipinski definition) is 2. The smallest absolute Gasteiger partial charge is 0.334 e. The molecule has 1 aliphatic carbocycles. The van der Waals surface area contributed by atoms with E-state index in [-0.39, 0.29) is 6.04 Å². The maximum absolute atomic E-state index is 11.3. The van der Waals surface area contributed by atoms with E-state index in [2.05, 4.69) is 32.6 Å². The molecule has 168 valence electrons. The summed E-state index contributed by atoms with van der Waals surface area (Å²) in [5.41, 5.74) is 2.57. The predicted octanol–water partition coefficient (Wildman–Crippen LogP) is 4.31. The summed E-state index contributed by atoms with van der Waals surface area (Å²) in [5, 5.41) is 9.24. The van der Waals surface area contributed by atoms with Crippen LogP contribution in [-0.2, 0) is 16.1 Å². The first kappa shape index (κ1) is 23.0. The first-order valence-corrected chi connectivity index (χ1v) is 11.0. The van der Waals surface area contributed by atoms with Gasteiger partial charge in [-0.3, -0.25) is 4.84 Å². The minimum Gasteiger partial charge on any atom is -0.497 e. The molecule has 3 N–H and O–H groups in total. The Kier molecular flexibility index (Phi) is 8.67. The Balaban J connectivity index is 1.88. The van der Waals surface area contributed by atoms with Crippen molar-refractivity contribution in [2.45, 2.75) is 63.5 Å². The van der Waals surface area contributed by atoms with Crippen molar-refractivity contribution in [3.63, 3.8) is 0 Å². The number of hydrogen-bond acceptors (Lipinski definition) is 5. The van der Waals surface area contributed by atoms with Crippen molar-refractivity contribution in [3.05, 3.63) is 60.2 Å². The maximum Gasteiger partial charge on any atom is 0.334 e. The lowest BCUT2D eigenvalue weighted by molar-refractivity contribution is -0.151. The van der Waals surface area contributed by atoms with Crippen molar-refractivity contribution >= 4 is 5.97 Å². The van der Waals surface area contributed by atoms with Crippen LogP contribution in [0.3, 0.4) is 0 Å². The molecule has 0 spiro atoms. The highest BCUT2D eigenvalue weighted by Crippen LogP contribution is 2.37. The zero-order chi connectivity index (χ0) is 22.1. The molecular weight excluding hydrogens is 394 g/mol. The van der Waals surface area contributed by atoms with Crippen molar-refractivity contribution in [1.29, 1.82) is 0 Å². The summed E-state index contributed by atoms with van der Waals surface area (Å²) < 4.78 is 7.46. The fourth-order valence-electron chi connectivity index (χ4n) is 4.50. The van der Waals surface area contributed by atoms with E-state index in [9.17, 15) is 9.90 Å². The van der Waals surface area contributed by atoms with Gasteiger partial charge in [-0.2, -0.15) is 0 Å². The van der Waals surface area contributed by atoms with E-state index in [4.69, 9.17) is 10.6 Å². The van der Waals surface area contributed by atoms with E-state index < -0.39 is 12.1 Å². The molecule has 7 heteroatoms. The lowest BCUT2D eigenvalue weighted by Crippen LogP contribution is -2.27. The van der Waals surface area contributed by atoms with Gasteiger partial charge in [0.15, 0.2) is 6.10 Å². The number of aliphatic carboxylic acids is 1. The highest BCUT2D eigenvalue weighted by atomic mass is 16.6. The number of carboxylic acids is 1. The maximum atomic E-state index is 11.3. The van der Waals surface area contributed by atoms with Crippen LogP contribution < -0.4 is 10.6 Å². The van der Waals surface area contributed by atoms with E-state index in [1.165, 1.54) is 30.4 Å². The minimum absolute atomic E-state index is 0.126. The third-order valence-corrected chi connectivity index (χ3v) is 6.18. The zero-order valence-corrected chi connectivity index (χ0v) is 18.2. The molecule has 1 saturated carbocycles. The first-order chi connectivity index (χ1) is 15.1. The second-order valence-electron chi connectivity index (χ2n) is 8.16. The van der Waals surface area contributed by atoms with Crippen LogP contribution in [0, 0.1) is 5.92 Å². The predicted molar refractivity (Wildman–Crippen MR) is 119 cm³/mol. The molecule has 1 heterocycles. The van der Waals surface area contributed by atoms with Gasteiger partial charge in [-0.1, -0.05) is 37.5 Å². The van der Waals surface area contributed by atoms with Gasteiger partial charge in [0.05, 0.1) is 19.5 Å². The highest BCUT2D eigenvalue weighted by molar-refractivity contribution is 5.72. The average Bonchev–Trinajstić information content (AvgIpc) is 3.33. The molecule has 0 bridgehead atoms. The number of benzene rings is 1. The molecule has 7 nitrogen and oxygen atoms in total. The fourth-order valence-corrected chi connectivity index (χ4v) is 4.50. The fraction of sp³-hybridized carbons (Fsp3) is 0.500. The first-order valence-electron chi connectivity index (χ1n) is 11.0. The minimum atomic E-state index is -1.03. The molecule has 2 atom stereocenters. The summed E-state index contributed by atoms with van der Waals surface area (Å²) in [7, 11) is 1.67. The Morgan fingerprint density at radius 1 is 1.29 bits per heavy atom. The Morgan fingerprint density at radius 2 is 2.03 bits per heavy atom. The van der Waals surface area contributed by atoms with E-state index in [1.807, 2.05) is 30.9 Å². The van der Waals surface area contributed by atoms with Gasteiger partial charge in [0.25, 0.3) is 0 Å². The third-order valence-electron chi connectivity index (χ3n) is 6.18. The molecule has 1 fully saturated rings. The number of nitrogens with zero attached hydrogens (tertiary/aromatic N) is 2. The SMILES string of the molecule is COc1ccc(CC(/C(=C/CCC(ON)C(=O)O)C2CCCCC2)n2ccnc2)cc1. The number of allylic oxidation sites excluding steroid dienone is 2. The van der Waals surface area contributed by atoms with Crippen molar-refractivity contribution in [3.8, 4) is 5.75 Å². The molecule has 0 saturated heterocycles. The Bertz CT molecular complexity index is 827. The Labute approximate surface area is 183 Å². The molecule has 2 unspecified atom stereocenters. The third kappa shape index (κ3) is 6.42. The van der Waals surface area contributed by atoms with Crippen molar-refractivity contribution < 1.29 is 19.5 Å². The zero-order valence-electron chi connectivity index (χ0n) is 18.2. The van der Waals surface area contributed by atoms with Crippen LogP contribution in [0.4, 0.5) is 0 Å². The number of carbonyl (C=O) groups is 1. The molecule has 1 aliphatic rings. The molecular formula is C24H33N3O4. The number of imidazole rings is 1. The van der Waals surface area contributed by atoms with Crippen molar-refractivity contribution in [2.75, 3.05) is 7.11 Å². The van der Waals surface area contributed by atoms with Gasteiger partial charge in [-0.15, -0.1) is 0 Å². The summed E-state index contributed by atoms with van der Waals surface area (Å²) in [6, 6.07) is 8.30. The van der Waals surface area contributed by atoms with Crippen molar-refractivity contribution in [1.82, 2.24) is 9.55 Å². The summed E-state index contributed by atoms with van der Waals surface area (Å²) in [5.74, 6) is 5.47. The average molecular weight is 428 g/mol. The number of ether oxygens (including phenoxy) is 1. The second kappa shape index (κ2) is 11.7. The van der Waals surface area contributed by atoms with Gasteiger partial charge < -0.3 is 14.4 Å². The number of nitrogens with two attached hydrogens (primary N) is 1. The molecule has 1 aromatic heterocycles. The van der Waals surface area contributed by atoms with Crippen LogP contribution in [0.2, 0.25) is 0 Å². The number of methoxy groups -OCH3 is 1. The molecule has 0 amide bonds. The molecule has 0 radical (unpaired) electrons. The lowest BCUT2D eigenvalue weighted by atomic mass is 9.79. The van der Waals surface area contributed by atoms with Crippen LogP contribution in [0.25, 0.3) is 0 Å². The van der Waals surface area contributed by atoms with E-state index in [0.717, 1.165) is 25.0 Å².